The molecule has 0 aromatic carbocycles. The van der Waals surface area contributed by atoms with Crippen LogP contribution in [0.1, 0.15) is 13.8 Å². The molecular weight excluding hydrogens is 207 g/mol. The van der Waals surface area contributed by atoms with Crippen molar-refractivity contribution < 1.29 is 9.79 Å². The molecular formula is C7H11N2O2PS. The van der Waals surface area contributed by atoms with Crippen LogP contribution in [0.15, 0.2) is 0 Å². The maximum atomic E-state index is 9.26. The SMILES string of the molecule is CC(C#N)C(C(C)C#N)P(O)(O)=S. The van der Waals surface area contributed by atoms with Crippen LogP contribution in [0.5, 0.6) is 0 Å². The van der Waals surface area contributed by atoms with Gasteiger partial charge in [0, 0.05) is 0 Å². The second kappa shape index (κ2) is 4.69. The molecule has 0 rings (SSSR count). The summed E-state index contributed by atoms with van der Waals surface area (Å²) in [5.41, 5.74) is -0.822. The molecule has 0 aliphatic heterocycles. The van der Waals surface area contributed by atoms with Crippen molar-refractivity contribution in [2.24, 2.45) is 11.8 Å². The Bertz CT molecular complexity index is 281. The number of hydrogen-bond donors (Lipinski definition) is 2. The van der Waals surface area contributed by atoms with Gasteiger partial charge in [-0.2, -0.15) is 10.5 Å². The molecule has 0 bridgehead atoms. The van der Waals surface area contributed by atoms with E-state index in [0.29, 0.717) is 0 Å². The lowest BCUT2D eigenvalue weighted by Gasteiger charge is -2.24. The minimum Gasteiger partial charge on any atom is -0.345 e. The zero-order chi connectivity index (χ0) is 10.6. The van der Waals surface area contributed by atoms with Crippen LogP contribution in [0.2, 0.25) is 0 Å². The molecule has 0 aliphatic rings. The largest absolute Gasteiger partial charge is 0.345 e. The van der Waals surface area contributed by atoms with Crippen LogP contribution < -0.4 is 0 Å². The van der Waals surface area contributed by atoms with Crippen molar-refractivity contribution in [2.45, 2.75) is 19.5 Å². The van der Waals surface area contributed by atoms with Crippen molar-refractivity contribution in [3.05, 3.63) is 0 Å². The molecule has 2 atom stereocenters. The van der Waals surface area contributed by atoms with Crippen molar-refractivity contribution in [1.82, 2.24) is 0 Å². The summed E-state index contributed by atoms with van der Waals surface area (Å²) in [5.74, 6) is -1.23. The highest BCUT2D eigenvalue weighted by Crippen LogP contribution is 2.48. The topological polar surface area (TPSA) is 88.0 Å². The zero-order valence-electron chi connectivity index (χ0n) is 7.38. The second-order valence-electron chi connectivity index (χ2n) is 2.92. The molecule has 0 saturated carbocycles. The number of hydrogen-bond acceptors (Lipinski definition) is 3. The van der Waals surface area contributed by atoms with Gasteiger partial charge in [0.15, 0.2) is 6.49 Å². The Kier molecular flexibility index (Phi) is 4.53. The van der Waals surface area contributed by atoms with E-state index in [4.69, 9.17) is 10.5 Å². The Morgan fingerprint density at radius 1 is 1.15 bits per heavy atom. The average Bonchev–Trinajstić information content (AvgIpc) is 2.01. The maximum Gasteiger partial charge on any atom is 0.189 e. The zero-order valence-corrected chi connectivity index (χ0v) is 9.09. The predicted molar refractivity (Wildman–Crippen MR) is 52.1 cm³/mol. The Balaban J connectivity index is 4.93. The molecule has 0 spiro atoms. The summed E-state index contributed by atoms with van der Waals surface area (Å²) in [6.45, 7) is -0.465. The fraction of sp³-hybridized carbons (Fsp3) is 0.714. The van der Waals surface area contributed by atoms with Gasteiger partial charge in [-0.15, -0.1) is 0 Å². The quantitative estimate of drug-likeness (QED) is 0.689. The highest BCUT2D eigenvalue weighted by Gasteiger charge is 2.34. The summed E-state index contributed by atoms with van der Waals surface area (Å²) >= 11 is 4.51. The van der Waals surface area contributed by atoms with E-state index in [0.717, 1.165) is 0 Å². The van der Waals surface area contributed by atoms with Crippen molar-refractivity contribution in [1.29, 1.82) is 10.5 Å². The second-order valence-corrected chi connectivity index (χ2v) is 6.30. The van der Waals surface area contributed by atoms with Gasteiger partial charge >= 0.3 is 0 Å². The summed E-state index contributed by atoms with van der Waals surface area (Å²) < 4.78 is 0. The summed E-state index contributed by atoms with van der Waals surface area (Å²) in [5, 5.41) is 17.2. The third-order valence-corrected chi connectivity index (χ3v) is 4.22. The standard InChI is InChI=1S/C7H11N2O2PS/c1-5(3-8)7(6(2)4-9)12(10,11)13/h5-7H,1-2H3,(H2,10,11,13). The van der Waals surface area contributed by atoms with Gasteiger partial charge < -0.3 is 9.79 Å². The summed E-state index contributed by atoms with van der Waals surface area (Å²) in [4.78, 5) is 18.5. The monoisotopic (exact) mass is 218 g/mol. The van der Waals surface area contributed by atoms with E-state index in [1.54, 1.807) is 0 Å². The van der Waals surface area contributed by atoms with E-state index >= 15 is 0 Å². The first-order valence-corrected chi connectivity index (χ1v) is 6.46. The molecule has 0 heterocycles. The molecule has 0 saturated heterocycles. The van der Waals surface area contributed by atoms with Crippen molar-refractivity contribution in [2.75, 3.05) is 0 Å². The molecule has 0 aromatic rings. The van der Waals surface area contributed by atoms with Crippen LogP contribution in [-0.2, 0) is 11.8 Å². The molecule has 4 nitrogen and oxygen atoms in total. The van der Waals surface area contributed by atoms with Crippen LogP contribution in [0, 0.1) is 34.5 Å². The fourth-order valence-electron chi connectivity index (χ4n) is 1.17. The van der Waals surface area contributed by atoms with Gasteiger partial charge in [-0.25, -0.2) is 0 Å². The van der Waals surface area contributed by atoms with Crippen LogP contribution >= 0.6 is 6.49 Å². The van der Waals surface area contributed by atoms with Crippen LogP contribution in [0.4, 0.5) is 0 Å². The van der Waals surface area contributed by atoms with Gasteiger partial charge in [-0.05, 0) is 25.7 Å². The molecule has 13 heavy (non-hydrogen) atoms. The van der Waals surface area contributed by atoms with Crippen LogP contribution in [-0.4, -0.2) is 15.4 Å². The van der Waals surface area contributed by atoms with E-state index in [1.165, 1.54) is 13.8 Å². The molecule has 0 fully saturated rings. The molecule has 0 aliphatic carbocycles. The minimum absolute atomic E-state index is 0.615. The number of nitriles is 2. The molecule has 2 unspecified atom stereocenters. The van der Waals surface area contributed by atoms with E-state index in [2.05, 4.69) is 11.8 Å². The third kappa shape index (κ3) is 3.42. The van der Waals surface area contributed by atoms with Crippen LogP contribution in [0.3, 0.4) is 0 Å². The van der Waals surface area contributed by atoms with Crippen molar-refractivity contribution in [3.8, 4) is 12.1 Å². The summed E-state index contributed by atoms with van der Waals surface area (Å²) in [6, 6.07) is 3.75. The Labute approximate surface area is 82.6 Å². The lowest BCUT2D eigenvalue weighted by molar-refractivity contribution is 0.421. The Morgan fingerprint density at radius 3 is 1.62 bits per heavy atom. The Morgan fingerprint density at radius 2 is 1.46 bits per heavy atom. The molecule has 6 heteroatoms. The normalized spacial score (nSPS) is 18.0. The van der Waals surface area contributed by atoms with Gasteiger partial charge in [0.25, 0.3) is 0 Å². The maximum absolute atomic E-state index is 9.26. The summed E-state index contributed by atoms with van der Waals surface area (Å²) in [7, 11) is 0. The molecule has 0 aromatic heterocycles. The highest BCUT2D eigenvalue weighted by atomic mass is 32.5. The van der Waals surface area contributed by atoms with Gasteiger partial charge in [0.1, 0.15) is 0 Å². The molecule has 2 N–H and O–H groups in total. The lowest BCUT2D eigenvalue weighted by Crippen LogP contribution is -2.24. The number of rotatable bonds is 3. The fourth-order valence-corrected chi connectivity index (χ4v) is 3.56. The first-order chi connectivity index (χ1) is 5.84. The van der Waals surface area contributed by atoms with Gasteiger partial charge in [-0.1, -0.05) is 0 Å². The first kappa shape index (κ1) is 12.6. The van der Waals surface area contributed by atoms with Crippen LogP contribution in [0.25, 0.3) is 0 Å². The van der Waals surface area contributed by atoms with Crippen molar-refractivity contribution in [3.63, 3.8) is 0 Å². The lowest BCUT2D eigenvalue weighted by atomic mass is 9.99. The number of nitrogens with zero attached hydrogens (tertiary/aromatic N) is 2. The van der Waals surface area contributed by atoms with Gasteiger partial charge in [-0.3, -0.25) is 0 Å². The molecule has 0 amide bonds. The van der Waals surface area contributed by atoms with Gasteiger partial charge in [0.2, 0.25) is 0 Å². The van der Waals surface area contributed by atoms with E-state index in [9.17, 15) is 9.79 Å². The Hall–Kier alpha value is -0.450. The highest BCUT2D eigenvalue weighted by molar-refractivity contribution is 8.09. The first-order valence-electron chi connectivity index (χ1n) is 3.69. The van der Waals surface area contributed by atoms with E-state index in [-0.39, 0.29) is 0 Å². The van der Waals surface area contributed by atoms with E-state index in [1.807, 2.05) is 12.1 Å². The average molecular weight is 218 g/mol. The summed E-state index contributed by atoms with van der Waals surface area (Å²) in [6.07, 6.45) is 0. The minimum atomic E-state index is -3.53. The third-order valence-electron chi connectivity index (χ3n) is 1.82. The molecule has 72 valence electrons. The molecule has 0 radical (unpaired) electrons. The van der Waals surface area contributed by atoms with E-state index < -0.39 is 24.0 Å². The van der Waals surface area contributed by atoms with Crippen molar-refractivity contribution >= 4 is 18.3 Å². The van der Waals surface area contributed by atoms with Gasteiger partial charge in [0.05, 0.1) is 29.6 Å². The predicted octanol–water partition coefficient (Wildman–Crippen LogP) is 0.968. The smallest absolute Gasteiger partial charge is 0.189 e.